The SMILES string of the molecule is Cc1ccc(-c2noc(-c3cc(-c4cnc5[nH]ccc5c4)ccn3)n2)cc1F. The molecule has 0 saturated heterocycles. The molecular weight excluding hydrogens is 357 g/mol. The van der Waals surface area contributed by atoms with Gasteiger partial charge < -0.3 is 9.51 Å². The summed E-state index contributed by atoms with van der Waals surface area (Å²) in [5, 5.41) is 4.99. The fourth-order valence-electron chi connectivity index (χ4n) is 3.00. The van der Waals surface area contributed by atoms with Crippen LogP contribution in [0.15, 0.2) is 65.6 Å². The number of halogens is 1. The molecule has 0 aliphatic rings. The third-order valence-electron chi connectivity index (χ3n) is 4.57. The van der Waals surface area contributed by atoms with E-state index in [4.69, 9.17) is 4.52 Å². The molecule has 0 radical (unpaired) electrons. The Kier molecular flexibility index (Phi) is 3.72. The molecule has 136 valence electrons. The van der Waals surface area contributed by atoms with Crippen LogP contribution in [0.1, 0.15) is 5.56 Å². The molecule has 1 aromatic carbocycles. The van der Waals surface area contributed by atoms with Gasteiger partial charge in [0.25, 0.3) is 5.89 Å². The number of aromatic amines is 1. The van der Waals surface area contributed by atoms with E-state index in [1.54, 1.807) is 31.5 Å². The minimum atomic E-state index is -0.309. The van der Waals surface area contributed by atoms with E-state index in [9.17, 15) is 4.39 Å². The Morgan fingerprint density at radius 3 is 2.79 bits per heavy atom. The number of aryl methyl sites for hydroxylation is 1. The lowest BCUT2D eigenvalue weighted by Crippen LogP contribution is -1.88. The van der Waals surface area contributed by atoms with Gasteiger partial charge in [-0.15, -0.1) is 0 Å². The summed E-state index contributed by atoms with van der Waals surface area (Å²) in [7, 11) is 0. The highest BCUT2D eigenvalue weighted by Crippen LogP contribution is 2.27. The van der Waals surface area contributed by atoms with E-state index in [0.29, 0.717) is 22.6 Å². The van der Waals surface area contributed by atoms with Crippen molar-refractivity contribution in [2.24, 2.45) is 0 Å². The summed E-state index contributed by atoms with van der Waals surface area (Å²) in [4.78, 5) is 16.2. The topological polar surface area (TPSA) is 80.5 Å². The fourth-order valence-corrected chi connectivity index (χ4v) is 3.00. The van der Waals surface area contributed by atoms with Gasteiger partial charge in [0.1, 0.15) is 17.2 Å². The lowest BCUT2D eigenvalue weighted by atomic mass is 10.1. The summed E-state index contributed by atoms with van der Waals surface area (Å²) < 4.78 is 19.2. The van der Waals surface area contributed by atoms with Crippen molar-refractivity contribution in [2.45, 2.75) is 6.92 Å². The number of nitrogens with one attached hydrogen (secondary N) is 1. The second kappa shape index (κ2) is 6.38. The molecule has 0 saturated carbocycles. The van der Waals surface area contributed by atoms with Crippen LogP contribution >= 0.6 is 0 Å². The maximum absolute atomic E-state index is 13.8. The molecule has 0 bridgehead atoms. The van der Waals surface area contributed by atoms with Gasteiger partial charge in [0.15, 0.2) is 0 Å². The normalized spacial score (nSPS) is 11.2. The number of benzene rings is 1. The van der Waals surface area contributed by atoms with Crippen molar-refractivity contribution in [3.05, 3.63) is 72.4 Å². The van der Waals surface area contributed by atoms with Gasteiger partial charge in [-0.3, -0.25) is 4.98 Å². The maximum Gasteiger partial charge on any atom is 0.276 e. The van der Waals surface area contributed by atoms with Crippen LogP contribution in [0.4, 0.5) is 4.39 Å². The molecule has 0 aliphatic heterocycles. The number of rotatable bonds is 3. The third-order valence-corrected chi connectivity index (χ3v) is 4.57. The number of aromatic nitrogens is 5. The molecule has 5 rings (SSSR count). The number of hydrogen-bond donors (Lipinski definition) is 1. The highest BCUT2D eigenvalue weighted by molar-refractivity contribution is 5.81. The minimum absolute atomic E-state index is 0.272. The first-order chi connectivity index (χ1) is 13.7. The minimum Gasteiger partial charge on any atom is -0.346 e. The molecule has 0 spiro atoms. The molecule has 0 atom stereocenters. The number of pyridine rings is 2. The predicted octanol–water partition coefficient (Wildman–Crippen LogP) is 4.79. The molecule has 0 unspecified atom stereocenters. The summed E-state index contributed by atoms with van der Waals surface area (Å²) in [5.74, 6) is 0.279. The molecule has 28 heavy (non-hydrogen) atoms. The van der Waals surface area contributed by atoms with E-state index in [1.807, 2.05) is 30.5 Å². The van der Waals surface area contributed by atoms with Crippen molar-refractivity contribution < 1.29 is 8.91 Å². The van der Waals surface area contributed by atoms with Crippen LogP contribution in [0.3, 0.4) is 0 Å². The zero-order valence-corrected chi connectivity index (χ0v) is 14.8. The van der Waals surface area contributed by atoms with Gasteiger partial charge in [-0.25, -0.2) is 9.37 Å². The van der Waals surface area contributed by atoms with Crippen molar-refractivity contribution >= 4 is 11.0 Å². The standard InChI is InChI=1S/C21H14FN5O/c1-12-2-3-14(9-17(12)22)20-26-21(28-27-20)18-10-13(4-6-23-18)16-8-15-5-7-24-19(15)25-11-16/h2-11H,1H3,(H,24,25). The largest absolute Gasteiger partial charge is 0.346 e. The molecule has 4 heterocycles. The van der Waals surface area contributed by atoms with Crippen molar-refractivity contribution in [1.29, 1.82) is 0 Å². The number of nitrogens with zero attached hydrogens (tertiary/aromatic N) is 4. The molecule has 6 nitrogen and oxygen atoms in total. The van der Waals surface area contributed by atoms with Crippen LogP contribution in [0.25, 0.3) is 45.1 Å². The predicted molar refractivity (Wildman–Crippen MR) is 103 cm³/mol. The van der Waals surface area contributed by atoms with Crippen LogP contribution in [0.2, 0.25) is 0 Å². The number of hydrogen-bond acceptors (Lipinski definition) is 5. The van der Waals surface area contributed by atoms with Gasteiger partial charge in [0.05, 0.1) is 0 Å². The first kappa shape index (κ1) is 16.3. The zero-order valence-electron chi connectivity index (χ0n) is 14.8. The molecule has 1 N–H and O–H groups in total. The Bertz CT molecular complexity index is 1310. The lowest BCUT2D eigenvalue weighted by Gasteiger charge is -2.02. The van der Waals surface area contributed by atoms with Gasteiger partial charge in [-0.1, -0.05) is 17.3 Å². The smallest absolute Gasteiger partial charge is 0.276 e. The first-order valence-electron chi connectivity index (χ1n) is 8.67. The van der Waals surface area contributed by atoms with Crippen LogP contribution < -0.4 is 0 Å². The Hall–Kier alpha value is -3.87. The second-order valence-electron chi connectivity index (χ2n) is 6.46. The van der Waals surface area contributed by atoms with Crippen LogP contribution in [-0.2, 0) is 0 Å². The summed E-state index contributed by atoms with van der Waals surface area (Å²) >= 11 is 0. The Morgan fingerprint density at radius 1 is 0.964 bits per heavy atom. The third kappa shape index (κ3) is 2.83. The van der Waals surface area contributed by atoms with Crippen molar-refractivity contribution in [2.75, 3.05) is 0 Å². The number of H-pyrrole nitrogens is 1. The summed E-state index contributed by atoms with van der Waals surface area (Å²) in [6, 6.07) is 12.6. The molecule has 0 aliphatic carbocycles. The average molecular weight is 371 g/mol. The molecule has 7 heteroatoms. The van der Waals surface area contributed by atoms with E-state index in [2.05, 4.69) is 25.1 Å². The Balaban J connectivity index is 1.51. The van der Waals surface area contributed by atoms with E-state index in [-0.39, 0.29) is 11.7 Å². The van der Waals surface area contributed by atoms with Gasteiger partial charge in [0.2, 0.25) is 5.82 Å². The molecule has 5 aromatic rings. The van der Waals surface area contributed by atoms with Gasteiger partial charge in [0, 0.05) is 35.1 Å². The number of fused-ring (bicyclic) bond motifs is 1. The molecule has 0 fully saturated rings. The van der Waals surface area contributed by atoms with Crippen LogP contribution in [0.5, 0.6) is 0 Å². The highest BCUT2D eigenvalue weighted by Gasteiger charge is 2.14. The van der Waals surface area contributed by atoms with Crippen molar-refractivity contribution in [3.63, 3.8) is 0 Å². The Labute approximate surface area is 159 Å². The quantitative estimate of drug-likeness (QED) is 0.493. The van der Waals surface area contributed by atoms with Gasteiger partial charge >= 0.3 is 0 Å². The second-order valence-corrected chi connectivity index (χ2v) is 6.46. The molecular formula is C21H14FN5O. The average Bonchev–Trinajstić information content (AvgIpc) is 3.39. The van der Waals surface area contributed by atoms with Gasteiger partial charge in [-0.05, 0) is 48.4 Å². The van der Waals surface area contributed by atoms with Crippen molar-refractivity contribution in [1.82, 2.24) is 25.1 Å². The van der Waals surface area contributed by atoms with Crippen LogP contribution in [-0.4, -0.2) is 25.1 Å². The maximum atomic E-state index is 13.8. The molecule has 0 amide bonds. The lowest BCUT2D eigenvalue weighted by molar-refractivity contribution is 0.431. The van der Waals surface area contributed by atoms with E-state index >= 15 is 0 Å². The Morgan fingerprint density at radius 2 is 1.89 bits per heavy atom. The zero-order chi connectivity index (χ0) is 19.1. The van der Waals surface area contributed by atoms with E-state index < -0.39 is 0 Å². The summed E-state index contributed by atoms with van der Waals surface area (Å²) in [6.45, 7) is 1.70. The summed E-state index contributed by atoms with van der Waals surface area (Å²) in [5.41, 5.74) is 4.38. The van der Waals surface area contributed by atoms with E-state index in [0.717, 1.165) is 22.2 Å². The monoisotopic (exact) mass is 371 g/mol. The highest BCUT2D eigenvalue weighted by atomic mass is 19.1. The summed E-state index contributed by atoms with van der Waals surface area (Å²) in [6.07, 6.45) is 5.33. The fraction of sp³-hybridized carbons (Fsp3) is 0.0476. The molecule has 4 aromatic heterocycles. The van der Waals surface area contributed by atoms with E-state index in [1.165, 1.54) is 6.07 Å². The first-order valence-corrected chi connectivity index (χ1v) is 8.67. The van der Waals surface area contributed by atoms with Crippen LogP contribution in [0, 0.1) is 12.7 Å². The van der Waals surface area contributed by atoms with Crippen molar-refractivity contribution in [3.8, 4) is 34.1 Å². The van der Waals surface area contributed by atoms with Gasteiger partial charge in [-0.2, -0.15) is 4.98 Å².